The number of hydrogen-bond acceptors (Lipinski definition) is 4. The third-order valence-electron chi connectivity index (χ3n) is 5.81. The zero-order valence-corrected chi connectivity index (χ0v) is 21.9. The minimum Gasteiger partial charge on any atom is -0.450 e. The normalized spacial score (nSPS) is 15.2. The van der Waals surface area contributed by atoms with E-state index >= 15 is 0 Å². The highest BCUT2D eigenvalue weighted by atomic mass is 79.9. The van der Waals surface area contributed by atoms with E-state index in [1.807, 2.05) is 12.1 Å². The molecule has 3 aromatic rings. The van der Waals surface area contributed by atoms with Gasteiger partial charge in [0.15, 0.2) is 5.76 Å². The van der Waals surface area contributed by atoms with E-state index in [4.69, 9.17) is 4.42 Å². The number of carbonyl (C=O) groups is 1. The van der Waals surface area contributed by atoms with Gasteiger partial charge in [-0.2, -0.15) is 5.10 Å². The van der Waals surface area contributed by atoms with E-state index in [0.717, 1.165) is 32.0 Å². The molecular weight excluding hydrogens is 534 g/mol. The summed E-state index contributed by atoms with van der Waals surface area (Å²) in [6, 6.07) is 9.82. The molecule has 2 aromatic carbocycles. The van der Waals surface area contributed by atoms with E-state index < -0.39 is 5.91 Å². The van der Waals surface area contributed by atoms with Crippen LogP contribution in [-0.2, 0) is 0 Å². The van der Waals surface area contributed by atoms with E-state index in [1.165, 1.54) is 16.8 Å². The summed E-state index contributed by atoms with van der Waals surface area (Å²) in [5.74, 6) is -0.191. The van der Waals surface area contributed by atoms with Gasteiger partial charge in [0, 0.05) is 27.7 Å². The maximum absolute atomic E-state index is 12.6. The lowest BCUT2D eigenvalue weighted by Crippen LogP contribution is -2.45. The van der Waals surface area contributed by atoms with Gasteiger partial charge in [-0.05, 0) is 97.6 Å². The molecule has 5 nitrogen and oxygen atoms in total. The van der Waals surface area contributed by atoms with E-state index in [-0.39, 0.29) is 11.3 Å². The number of aryl methyl sites for hydroxylation is 1. The zero-order chi connectivity index (χ0) is 23.2. The van der Waals surface area contributed by atoms with E-state index in [1.54, 1.807) is 12.3 Å². The van der Waals surface area contributed by atoms with Gasteiger partial charge in [-0.3, -0.25) is 4.79 Å². The largest absolute Gasteiger partial charge is 0.450 e. The van der Waals surface area contributed by atoms with Crippen LogP contribution in [0.1, 0.15) is 54.9 Å². The molecule has 0 unspecified atom stereocenters. The SMILES string of the molecule is CCN1c2cc(C)c(/C=N\NC(=O)c3cc4cc(Br)cc(Br)c4o3)cc2C(C)=CC1(C)C. The smallest absolute Gasteiger partial charge is 0.307 e. The van der Waals surface area contributed by atoms with Gasteiger partial charge in [0.05, 0.1) is 16.2 Å². The molecule has 1 aliphatic rings. The van der Waals surface area contributed by atoms with Crippen molar-refractivity contribution in [3.05, 3.63) is 67.8 Å². The van der Waals surface area contributed by atoms with Gasteiger partial charge < -0.3 is 9.32 Å². The third-order valence-corrected chi connectivity index (χ3v) is 6.86. The van der Waals surface area contributed by atoms with Crippen molar-refractivity contribution in [3.63, 3.8) is 0 Å². The molecule has 0 fully saturated rings. The summed E-state index contributed by atoms with van der Waals surface area (Å²) in [6.07, 6.45) is 3.99. The van der Waals surface area contributed by atoms with Crippen molar-refractivity contribution < 1.29 is 9.21 Å². The number of halogens is 2. The second-order valence-electron chi connectivity index (χ2n) is 8.57. The maximum atomic E-state index is 12.6. The van der Waals surface area contributed by atoms with Gasteiger partial charge >= 0.3 is 5.91 Å². The van der Waals surface area contributed by atoms with Crippen LogP contribution in [0.4, 0.5) is 5.69 Å². The van der Waals surface area contributed by atoms with Crippen molar-refractivity contribution in [1.82, 2.24) is 5.43 Å². The average molecular weight is 559 g/mol. The first-order chi connectivity index (χ1) is 15.1. The van der Waals surface area contributed by atoms with Crippen LogP contribution in [0.25, 0.3) is 16.5 Å². The molecule has 0 spiro atoms. The van der Waals surface area contributed by atoms with Crippen molar-refractivity contribution in [2.24, 2.45) is 5.10 Å². The molecule has 1 aliphatic heterocycles. The lowest BCUT2D eigenvalue weighted by molar-refractivity contribution is 0.0929. The third kappa shape index (κ3) is 4.16. The Morgan fingerprint density at radius 1 is 1.19 bits per heavy atom. The summed E-state index contributed by atoms with van der Waals surface area (Å²) in [7, 11) is 0. The summed E-state index contributed by atoms with van der Waals surface area (Å²) in [6.45, 7) is 11.8. The Kier molecular flexibility index (Phi) is 6.07. The fourth-order valence-electron chi connectivity index (χ4n) is 4.36. The van der Waals surface area contributed by atoms with Crippen molar-refractivity contribution in [3.8, 4) is 0 Å². The fraction of sp³-hybridized carbons (Fsp3) is 0.280. The molecule has 0 atom stereocenters. The first-order valence-corrected chi connectivity index (χ1v) is 12.0. The van der Waals surface area contributed by atoms with Gasteiger partial charge in [-0.15, -0.1) is 0 Å². The zero-order valence-electron chi connectivity index (χ0n) is 18.7. The van der Waals surface area contributed by atoms with E-state index in [9.17, 15) is 4.79 Å². The van der Waals surface area contributed by atoms with Gasteiger partial charge in [0.2, 0.25) is 0 Å². The van der Waals surface area contributed by atoms with Gasteiger partial charge in [0.25, 0.3) is 0 Å². The van der Waals surface area contributed by atoms with Crippen LogP contribution in [0.5, 0.6) is 0 Å². The van der Waals surface area contributed by atoms with Crippen LogP contribution in [0, 0.1) is 6.92 Å². The van der Waals surface area contributed by atoms with E-state index in [0.29, 0.717) is 5.58 Å². The van der Waals surface area contributed by atoms with Crippen molar-refractivity contribution in [2.75, 3.05) is 11.4 Å². The first-order valence-electron chi connectivity index (χ1n) is 10.4. The summed E-state index contributed by atoms with van der Waals surface area (Å²) < 4.78 is 7.39. The molecule has 2 heterocycles. The monoisotopic (exact) mass is 557 g/mol. The number of rotatable bonds is 4. The Morgan fingerprint density at radius 3 is 2.66 bits per heavy atom. The predicted octanol–water partition coefficient (Wildman–Crippen LogP) is 7.05. The number of hydrogen-bond donors (Lipinski definition) is 1. The van der Waals surface area contributed by atoms with Crippen molar-refractivity contribution in [1.29, 1.82) is 0 Å². The second-order valence-corrected chi connectivity index (χ2v) is 10.3. The number of nitrogens with one attached hydrogen (secondary N) is 1. The molecular formula is C25H25Br2N3O2. The van der Waals surface area contributed by atoms with Crippen LogP contribution in [0.2, 0.25) is 0 Å². The number of allylic oxidation sites excluding steroid dienone is 1. The molecule has 1 aromatic heterocycles. The maximum Gasteiger partial charge on any atom is 0.307 e. The number of benzene rings is 2. The number of fused-ring (bicyclic) bond motifs is 2. The summed E-state index contributed by atoms with van der Waals surface area (Å²) in [4.78, 5) is 15.0. The van der Waals surface area contributed by atoms with Gasteiger partial charge in [0.1, 0.15) is 5.58 Å². The van der Waals surface area contributed by atoms with Crippen molar-refractivity contribution >= 4 is 66.2 Å². The molecule has 0 radical (unpaired) electrons. The number of nitrogens with zero attached hydrogens (tertiary/aromatic N) is 2. The Balaban J connectivity index is 1.57. The summed E-state index contributed by atoms with van der Waals surface area (Å²) >= 11 is 6.91. The number of hydrazone groups is 1. The van der Waals surface area contributed by atoms with Crippen LogP contribution in [0.15, 0.2) is 54.9 Å². The molecule has 1 amide bonds. The van der Waals surface area contributed by atoms with Gasteiger partial charge in [-0.1, -0.05) is 22.0 Å². The quantitative estimate of drug-likeness (QED) is 0.275. The molecule has 0 saturated carbocycles. The fourth-order valence-corrected chi connectivity index (χ4v) is 5.70. The molecule has 1 N–H and O–H groups in total. The molecule has 7 heteroatoms. The summed E-state index contributed by atoms with van der Waals surface area (Å²) in [5.41, 5.74) is 8.90. The molecule has 0 bridgehead atoms. The predicted molar refractivity (Wildman–Crippen MR) is 139 cm³/mol. The molecule has 32 heavy (non-hydrogen) atoms. The number of amides is 1. The molecule has 4 rings (SSSR count). The number of carbonyl (C=O) groups excluding carboxylic acids is 1. The second kappa shape index (κ2) is 8.52. The van der Waals surface area contributed by atoms with Gasteiger partial charge in [-0.25, -0.2) is 5.43 Å². The van der Waals surface area contributed by atoms with Crippen molar-refractivity contribution in [2.45, 2.75) is 40.2 Å². The Morgan fingerprint density at radius 2 is 1.94 bits per heavy atom. The number of furan rings is 1. The number of anilines is 1. The minimum absolute atomic E-state index is 0.0288. The lowest BCUT2D eigenvalue weighted by Gasteiger charge is -2.43. The minimum atomic E-state index is -0.397. The Hall–Kier alpha value is -2.38. The first kappa shape index (κ1) is 22.8. The van der Waals surface area contributed by atoms with Crippen LogP contribution in [0.3, 0.4) is 0 Å². The van der Waals surface area contributed by atoms with E-state index in [2.05, 4.69) is 100 Å². The Labute approximate surface area is 204 Å². The van der Waals surface area contributed by atoms with Crippen LogP contribution < -0.4 is 10.3 Å². The van der Waals surface area contributed by atoms with Crippen LogP contribution >= 0.6 is 31.9 Å². The Bertz CT molecular complexity index is 1290. The molecule has 0 saturated heterocycles. The standard InChI is InChI=1S/C25H25Br2N3O2/c1-6-30-21-7-14(2)17(9-19(21)15(3)12-25(30,4)5)13-28-29-24(31)22-10-16-8-18(26)11-20(27)23(16)32-22/h7-13H,6H2,1-5H3,(H,29,31)/b28-13-. The molecule has 0 aliphatic carbocycles. The highest BCUT2D eigenvalue weighted by Gasteiger charge is 2.30. The van der Waals surface area contributed by atoms with Crippen LogP contribution in [-0.4, -0.2) is 24.2 Å². The highest BCUT2D eigenvalue weighted by Crippen LogP contribution is 2.39. The number of likely N-dealkylation sites (N-methyl/N-ethyl adjacent to an activating group) is 1. The topological polar surface area (TPSA) is 57.8 Å². The lowest BCUT2D eigenvalue weighted by atomic mass is 9.87. The summed E-state index contributed by atoms with van der Waals surface area (Å²) in [5, 5.41) is 5.02. The molecule has 166 valence electrons. The highest BCUT2D eigenvalue weighted by molar-refractivity contribution is 9.11. The average Bonchev–Trinajstić information content (AvgIpc) is 3.13.